The SMILES string of the molecule is CN(C)C1CCN(c2cccc(B3OC(C)(C)C(C)(C)O3)c2)CC1.CN(C)C1CCN(c2cccc(Br)c2)CC1. The second-order valence-corrected chi connectivity index (χ2v) is 13.9. The summed E-state index contributed by atoms with van der Waals surface area (Å²) in [6.07, 6.45) is 4.96. The number of benzene rings is 2. The van der Waals surface area contributed by atoms with Crippen molar-refractivity contribution in [3.63, 3.8) is 0 Å². The zero-order valence-electron chi connectivity index (χ0n) is 26.0. The Balaban J connectivity index is 0.000000201. The third kappa shape index (κ3) is 7.63. The number of hydrogen-bond acceptors (Lipinski definition) is 6. The Morgan fingerprint density at radius 2 is 1.12 bits per heavy atom. The van der Waals surface area contributed by atoms with Gasteiger partial charge < -0.3 is 28.9 Å². The molecule has 0 unspecified atom stereocenters. The van der Waals surface area contributed by atoms with E-state index in [4.69, 9.17) is 9.31 Å². The van der Waals surface area contributed by atoms with Crippen LogP contribution in [0.5, 0.6) is 0 Å². The highest BCUT2D eigenvalue weighted by molar-refractivity contribution is 9.10. The van der Waals surface area contributed by atoms with Crippen molar-refractivity contribution in [2.24, 2.45) is 0 Å². The van der Waals surface area contributed by atoms with Crippen LogP contribution in [0.1, 0.15) is 53.4 Å². The molecule has 3 saturated heterocycles. The summed E-state index contributed by atoms with van der Waals surface area (Å²) >= 11 is 3.53. The van der Waals surface area contributed by atoms with Crippen molar-refractivity contribution in [2.75, 3.05) is 64.2 Å². The van der Waals surface area contributed by atoms with E-state index in [1.165, 1.54) is 54.6 Å². The van der Waals surface area contributed by atoms with Crippen molar-refractivity contribution in [1.29, 1.82) is 0 Å². The predicted octanol–water partition coefficient (Wildman–Crippen LogP) is 5.50. The van der Waals surface area contributed by atoms with Gasteiger partial charge in [-0.3, -0.25) is 0 Å². The van der Waals surface area contributed by atoms with Crippen LogP contribution in [0.3, 0.4) is 0 Å². The molecule has 3 fully saturated rings. The van der Waals surface area contributed by atoms with Crippen molar-refractivity contribution in [3.8, 4) is 0 Å². The first-order valence-electron chi connectivity index (χ1n) is 14.9. The van der Waals surface area contributed by atoms with Gasteiger partial charge in [0.2, 0.25) is 0 Å². The van der Waals surface area contributed by atoms with Crippen LogP contribution in [0.25, 0.3) is 0 Å². The molecule has 0 radical (unpaired) electrons. The first-order chi connectivity index (χ1) is 18.9. The van der Waals surface area contributed by atoms with Gasteiger partial charge in [0.05, 0.1) is 11.2 Å². The molecule has 0 bridgehead atoms. The van der Waals surface area contributed by atoms with Gasteiger partial charge >= 0.3 is 7.12 Å². The lowest BCUT2D eigenvalue weighted by molar-refractivity contribution is 0.00578. The van der Waals surface area contributed by atoms with E-state index in [9.17, 15) is 0 Å². The van der Waals surface area contributed by atoms with Gasteiger partial charge in [0.25, 0.3) is 0 Å². The summed E-state index contributed by atoms with van der Waals surface area (Å²) in [6, 6.07) is 18.7. The summed E-state index contributed by atoms with van der Waals surface area (Å²) in [5.74, 6) is 0. The predicted molar refractivity (Wildman–Crippen MR) is 174 cm³/mol. The maximum atomic E-state index is 6.19. The fourth-order valence-electron chi connectivity index (χ4n) is 5.80. The molecule has 3 aliphatic heterocycles. The van der Waals surface area contributed by atoms with E-state index in [0.717, 1.165) is 24.6 Å². The Kier molecular flexibility index (Phi) is 10.3. The van der Waals surface area contributed by atoms with Gasteiger partial charge in [-0.1, -0.05) is 34.1 Å². The van der Waals surface area contributed by atoms with Crippen molar-refractivity contribution >= 4 is 39.9 Å². The number of rotatable bonds is 5. The highest BCUT2D eigenvalue weighted by atomic mass is 79.9. The molecule has 2 aromatic rings. The molecular formula is C32H50BBrN4O2. The normalized spacial score (nSPS) is 21.6. The lowest BCUT2D eigenvalue weighted by Crippen LogP contribution is -2.42. The summed E-state index contributed by atoms with van der Waals surface area (Å²) in [5, 5.41) is 0. The van der Waals surface area contributed by atoms with E-state index < -0.39 is 0 Å². The third-order valence-corrected chi connectivity index (χ3v) is 9.82. The van der Waals surface area contributed by atoms with E-state index in [2.05, 4.69) is 140 Å². The van der Waals surface area contributed by atoms with E-state index in [1.54, 1.807) is 0 Å². The number of hydrogen-bond donors (Lipinski definition) is 0. The van der Waals surface area contributed by atoms with Gasteiger partial charge in [-0.05, 0) is 117 Å². The molecule has 0 spiro atoms. The molecule has 0 saturated carbocycles. The quantitative estimate of drug-likeness (QED) is 0.415. The second-order valence-electron chi connectivity index (χ2n) is 13.0. The second kappa shape index (κ2) is 13.2. The minimum Gasteiger partial charge on any atom is -0.399 e. The molecule has 0 aromatic heterocycles. The summed E-state index contributed by atoms with van der Waals surface area (Å²) in [4.78, 5) is 9.65. The number of piperidine rings is 2. The highest BCUT2D eigenvalue weighted by Gasteiger charge is 2.51. The Hall–Kier alpha value is -1.58. The Labute approximate surface area is 252 Å². The zero-order valence-corrected chi connectivity index (χ0v) is 27.6. The zero-order chi connectivity index (χ0) is 29.1. The largest absolute Gasteiger partial charge is 0.494 e. The van der Waals surface area contributed by atoms with Crippen LogP contribution < -0.4 is 15.3 Å². The van der Waals surface area contributed by atoms with Gasteiger partial charge in [-0.2, -0.15) is 0 Å². The summed E-state index contributed by atoms with van der Waals surface area (Å²) < 4.78 is 13.6. The molecule has 40 heavy (non-hydrogen) atoms. The van der Waals surface area contributed by atoms with Crippen molar-refractivity contribution in [2.45, 2.75) is 76.7 Å². The van der Waals surface area contributed by atoms with Crippen LogP contribution in [0.4, 0.5) is 11.4 Å². The van der Waals surface area contributed by atoms with Crippen LogP contribution in [-0.2, 0) is 9.31 Å². The number of nitrogens with zero attached hydrogens (tertiary/aromatic N) is 4. The van der Waals surface area contributed by atoms with Gasteiger partial charge in [-0.15, -0.1) is 0 Å². The molecule has 3 heterocycles. The molecule has 0 aliphatic carbocycles. The molecule has 5 rings (SSSR count). The standard InChI is InChI=1S/C19H31BN2O2.C13H19BrN2/c1-18(2)19(3,4)24-20(23-18)15-8-7-9-17(14-15)22-12-10-16(11-13-22)21(5)6;1-15(2)12-6-8-16(9-7-12)13-5-3-4-11(14)10-13/h7-9,14,16H,10-13H2,1-6H3;3-5,10,12H,6-9H2,1-2H3. The average molecular weight is 613 g/mol. The van der Waals surface area contributed by atoms with Crippen LogP contribution in [-0.4, -0.2) is 94.6 Å². The van der Waals surface area contributed by atoms with Gasteiger partial charge in [0.15, 0.2) is 0 Å². The van der Waals surface area contributed by atoms with Gasteiger partial charge in [0, 0.05) is 54.1 Å². The highest BCUT2D eigenvalue weighted by Crippen LogP contribution is 2.36. The fourth-order valence-corrected chi connectivity index (χ4v) is 6.19. The summed E-state index contributed by atoms with van der Waals surface area (Å²) in [5.41, 5.74) is 3.14. The molecule has 2 aromatic carbocycles. The molecule has 6 nitrogen and oxygen atoms in total. The van der Waals surface area contributed by atoms with E-state index in [1.807, 2.05) is 0 Å². The Morgan fingerprint density at radius 3 is 1.55 bits per heavy atom. The average Bonchev–Trinajstić information content (AvgIpc) is 3.15. The molecule has 220 valence electrons. The van der Waals surface area contributed by atoms with E-state index >= 15 is 0 Å². The van der Waals surface area contributed by atoms with E-state index in [-0.39, 0.29) is 18.3 Å². The van der Waals surface area contributed by atoms with Gasteiger partial charge in [0.1, 0.15) is 0 Å². The monoisotopic (exact) mass is 612 g/mol. The summed E-state index contributed by atoms with van der Waals surface area (Å²) in [6.45, 7) is 12.9. The maximum Gasteiger partial charge on any atom is 0.494 e. The minimum atomic E-state index is -0.294. The molecule has 0 atom stereocenters. The van der Waals surface area contributed by atoms with Crippen LogP contribution >= 0.6 is 15.9 Å². The van der Waals surface area contributed by atoms with Crippen LogP contribution in [0.2, 0.25) is 0 Å². The lowest BCUT2D eigenvalue weighted by atomic mass is 9.79. The first kappa shape index (κ1) is 31.4. The van der Waals surface area contributed by atoms with Gasteiger partial charge in [-0.25, -0.2) is 0 Å². The lowest BCUT2D eigenvalue weighted by Gasteiger charge is -2.36. The molecular weight excluding hydrogens is 563 g/mol. The molecule has 8 heteroatoms. The fraction of sp³-hybridized carbons (Fsp3) is 0.625. The number of anilines is 2. The van der Waals surface area contributed by atoms with Crippen molar-refractivity contribution in [3.05, 3.63) is 53.0 Å². The number of halogens is 1. The van der Waals surface area contributed by atoms with E-state index in [0.29, 0.717) is 6.04 Å². The van der Waals surface area contributed by atoms with Crippen LogP contribution in [0.15, 0.2) is 53.0 Å². The molecule has 0 N–H and O–H groups in total. The summed E-state index contributed by atoms with van der Waals surface area (Å²) in [7, 11) is 8.44. The van der Waals surface area contributed by atoms with Crippen LogP contribution in [0, 0.1) is 0 Å². The molecule has 0 amide bonds. The maximum absolute atomic E-state index is 6.19. The molecule has 3 aliphatic rings. The Bertz CT molecular complexity index is 1080. The third-order valence-electron chi connectivity index (χ3n) is 9.32. The first-order valence-corrected chi connectivity index (χ1v) is 15.7. The topological polar surface area (TPSA) is 31.4 Å². The minimum absolute atomic E-state index is 0.283. The smallest absolute Gasteiger partial charge is 0.399 e. The Morgan fingerprint density at radius 1 is 0.700 bits per heavy atom. The van der Waals surface area contributed by atoms with Crippen molar-refractivity contribution in [1.82, 2.24) is 9.80 Å². The van der Waals surface area contributed by atoms with Crippen molar-refractivity contribution < 1.29 is 9.31 Å².